The van der Waals surface area contributed by atoms with E-state index in [-0.39, 0.29) is 17.9 Å². The average Bonchev–Trinajstić information content (AvgIpc) is 2.50. The highest BCUT2D eigenvalue weighted by molar-refractivity contribution is 5.33. The molecule has 0 bridgehead atoms. The molecule has 2 N–H and O–H groups in total. The van der Waals surface area contributed by atoms with Crippen LogP contribution in [-0.2, 0) is 13.0 Å². The number of halogens is 1. The number of nitrogens with zero attached hydrogens (tertiary/aromatic N) is 1. The van der Waals surface area contributed by atoms with Crippen molar-refractivity contribution in [2.24, 2.45) is 5.73 Å². The van der Waals surface area contributed by atoms with Gasteiger partial charge in [0.2, 0.25) is 0 Å². The van der Waals surface area contributed by atoms with Gasteiger partial charge < -0.3 is 5.73 Å². The fourth-order valence-corrected chi connectivity index (χ4v) is 3.28. The van der Waals surface area contributed by atoms with Crippen LogP contribution in [0.1, 0.15) is 29.2 Å². The second kappa shape index (κ2) is 5.96. The van der Waals surface area contributed by atoms with Gasteiger partial charge in [-0.05, 0) is 37.1 Å². The Bertz CT molecular complexity index is 626. The van der Waals surface area contributed by atoms with Crippen molar-refractivity contribution in [2.45, 2.75) is 31.5 Å². The Morgan fingerprint density at radius 2 is 1.86 bits per heavy atom. The van der Waals surface area contributed by atoms with Crippen molar-refractivity contribution >= 4 is 0 Å². The quantitative estimate of drug-likeness (QED) is 0.937. The average molecular weight is 284 g/mol. The summed E-state index contributed by atoms with van der Waals surface area (Å²) in [6.07, 6.45) is 2.05. The first-order valence-corrected chi connectivity index (χ1v) is 7.44. The minimum absolute atomic E-state index is 0.00766. The number of benzene rings is 2. The number of fused-ring (bicyclic) bond motifs is 1. The van der Waals surface area contributed by atoms with E-state index in [0.717, 1.165) is 18.4 Å². The van der Waals surface area contributed by atoms with Gasteiger partial charge in [-0.1, -0.05) is 42.5 Å². The molecule has 2 atom stereocenters. The third-order valence-corrected chi connectivity index (χ3v) is 4.48. The third-order valence-electron chi connectivity index (χ3n) is 4.48. The lowest BCUT2D eigenvalue weighted by Gasteiger charge is -2.37. The van der Waals surface area contributed by atoms with E-state index in [1.807, 2.05) is 25.2 Å². The van der Waals surface area contributed by atoms with E-state index < -0.39 is 0 Å². The summed E-state index contributed by atoms with van der Waals surface area (Å²) in [5.74, 6) is -0.144. The maximum Gasteiger partial charge on any atom is 0.127 e. The Labute approximate surface area is 125 Å². The van der Waals surface area contributed by atoms with E-state index in [1.54, 1.807) is 6.07 Å². The molecular weight excluding hydrogens is 263 g/mol. The summed E-state index contributed by atoms with van der Waals surface area (Å²) >= 11 is 0. The number of hydrogen-bond acceptors (Lipinski definition) is 2. The molecule has 2 aromatic rings. The predicted octanol–water partition coefficient (Wildman–Crippen LogP) is 3.27. The summed E-state index contributed by atoms with van der Waals surface area (Å²) in [5, 5.41) is 0. The third kappa shape index (κ3) is 2.85. The summed E-state index contributed by atoms with van der Waals surface area (Å²) in [6, 6.07) is 15.6. The maximum absolute atomic E-state index is 13.8. The second-order valence-corrected chi connectivity index (χ2v) is 5.84. The zero-order valence-corrected chi connectivity index (χ0v) is 12.3. The molecule has 0 heterocycles. The van der Waals surface area contributed by atoms with Gasteiger partial charge in [-0.15, -0.1) is 0 Å². The summed E-state index contributed by atoms with van der Waals surface area (Å²) in [7, 11) is 2.03. The van der Waals surface area contributed by atoms with Crippen LogP contribution in [0.4, 0.5) is 4.39 Å². The van der Waals surface area contributed by atoms with Crippen molar-refractivity contribution in [3.05, 3.63) is 71.0 Å². The summed E-state index contributed by atoms with van der Waals surface area (Å²) in [4.78, 5) is 2.18. The highest BCUT2D eigenvalue weighted by atomic mass is 19.1. The molecule has 3 rings (SSSR count). The summed E-state index contributed by atoms with van der Waals surface area (Å²) < 4.78 is 13.8. The monoisotopic (exact) mass is 284 g/mol. The molecular formula is C18H21FN2. The van der Waals surface area contributed by atoms with Crippen LogP contribution in [0.25, 0.3) is 0 Å². The fourth-order valence-electron chi connectivity index (χ4n) is 3.28. The number of aryl methyl sites for hydroxylation is 1. The number of likely N-dealkylation sites (N-methyl/N-ethyl adjacent to an activating group) is 1. The smallest absolute Gasteiger partial charge is 0.127 e. The van der Waals surface area contributed by atoms with Crippen molar-refractivity contribution in [3.8, 4) is 0 Å². The lowest BCUT2D eigenvalue weighted by Crippen LogP contribution is -2.43. The van der Waals surface area contributed by atoms with Crippen molar-refractivity contribution in [3.63, 3.8) is 0 Å². The van der Waals surface area contributed by atoms with E-state index in [2.05, 4.69) is 23.1 Å². The zero-order chi connectivity index (χ0) is 14.8. The minimum atomic E-state index is -0.144. The van der Waals surface area contributed by atoms with Crippen LogP contribution in [0.3, 0.4) is 0 Å². The predicted molar refractivity (Wildman–Crippen MR) is 83.3 cm³/mol. The molecule has 110 valence electrons. The molecule has 1 aliphatic rings. The molecule has 0 amide bonds. The van der Waals surface area contributed by atoms with Gasteiger partial charge in [0.1, 0.15) is 5.82 Å². The van der Waals surface area contributed by atoms with Crippen LogP contribution in [0, 0.1) is 5.82 Å². The standard InChI is InChI=1S/C18H21FN2/c1-21(12-14-7-3-5-9-16(14)19)17-11-10-13-6-2-4-8-15(13)18(17)20/h2-9,17-18H,10-12,20H2,1H3. The SMILES string of the molecule is CN(Cc1ccccc1F)C1CCc2ccccc2C1N. The summed E-state index contributed by atoms with van der Waals surface area (Å²) in [5.41, 5.74) is 9.75. The Hall–Kier alpha value is -1.71. The van der Waals surface area contributed by atoms with Crippen LogP contribution in [0.15, 0.2) is 48.5 Å². The number of rotatable bonds is 3. The van der Waals surface area contributed by atoms with Gasteiger partial charge in [0.05, 0.1) is 0 Å². The molecule has 0 saturated carbocycles. The zero-order valence-electron chi connectivity index (χ0n) is 12.3. The van der Waals surface area contributed by atoms with Crippen molar-refractivity contribution in [1.29, 1.82) is 0 Å². The molecule has 0 fully saturated rings. The number of hydrogen-bond donors (Lipinski definition) is 1. The molecule has 2 aromatic carbocycles. The van der Waals surface area contributed by atoms with E-state index in [0.29, 0.717) is 6.54 Å². The van der Waals surface area contributed by atoms with Crippen LogP contribution < -0.4 is 5.73 Å². The Balaban J connectivity index is 1.77. The van der Waals surface area contributed by atoms with Crippen LogP contribution >= 0.6 is 0 Å². The van der Waals surface area contributed by atoms with Gasteiger partial charge in [-0.2, -0.15) is 0 Å². The lowest BCUT2D eigenvalue weighted by atomic mass is 9.84. The lowest BCUT2D eigenvalue weighted by molar-refractivity contribution is 0.182. The molecule has 0 saturated heterocycles. The summed E-state index contributed by atoms with van der Waals surface area (Å²) in [6.45, 7) is 0.590. The van der Waals surface area contributed by atoms with Crippen molar-refractivity contribution in [1.82, 2.24) is 4.90 Å². The normalized spacial score (nSPS) is 21.3. The molecule has 0 aromatic heterocycles. The molecule has 21 heavy (non-hydrogen) atoms. The first-order chi connectivity index (χ1) is 10.2. The fraction of sp³-hybridized carbons (Fsp3) is 0.333. The topological polar surface area (TPSA) is 29.3 Å². The largest absolute Gasteiger partial charge is 0.323 e. The second-order valence-electron chi connectivity index (χ2n) is 5.84. The number of nitrogens with two attached hydrogens (primary N) is 1. The van der Waals surface area contributed by atoms with E-state index in [4.69, 9.17) is 5.73 Å². The van der Waals surface area contributed by atoms with E-state index in [9.17, 15) is 4.39 Å². The van der Waals surface area contributed by atoms with Crippen LogP contribution in [0.5, 0.6) is 0 Å². The van der Waals surface area contributed by atoms with Gasteiger partial charge in [0, 0.05) is 24.2 Å². The van der Waals surface area contributed by atoms with E-state index >= 15 is 0 Å². The van der Waals surface area contributed by atoms with Gasteiger partial charge in [0.25, 0.3) is 0 Å². The Morgan fingerprint density at radius 3 is 2.67 bits per heavy atom. The first kappa shape index (κ1) is 14.2. The maximum atomic E-state index is 13.8. The highest BCUT2D eigenvalue weighted by Crippen LogP contribution is 2.31. The van der Waals surface area contributed by atoms with Crippen molar-refractivity contribution < 1.29 is 4.39 Å². The molecule has 0 aliphatic heterocycles. The van der Waals surface area contributed by atoms with Crippen molar-refractivity contribution in [2.75, 3.05) is 7.05 Å². The molecule has 0 radical (unpaired) electrons. The van der Waals surface area contributed by atoms with Crippen LogP contribution in [0.2, 0.25) is 0 Å². The molecule has 0 spiro atoms. The van der Waals surface area contributed by atoms with Crippen LogP contribution in [-0.4, -0.2) is 18.0 Å². The van der Waals surface area contributed by atoms with Gasteiger partial charge >= 0.3 is 0 Å². The first-order valence-electron chi connectivity index (χ1n) is 7.44. The van der Waals surface area contributed by atoms with Gasteiger partial charge in [-0.3, -0.25) is 4.90 Å². The molecule has 1 aliphatic carbocycles. The molecule has 3 heteroatoms. The minimum Gasteiger partial charge on any atom is -0.323 e. The van der Waals surface area contributed by atoms with E-state index in [1.165, 1.54) is 17.2 Å². The Kier molecular flexibility index (Phi) is 4.04. The molecule has 2 unspecified atom stereocenters. The highest BCUT2D eigenvalue weighted by Gasteiger charge is 2.29. The van der Waals surface area contributed by atoms with Gasteiger partial charge in [-0.25, -0.2) is 4.39 Å². The van der Waals surface area contributed by atoms with Gasteiger partial charge in [0.15, 0.2) is 0 Å². The molecule has 2 nitrogen and oxygen atoms in total. The Morgan fingerprint density at radius 1 is 1.14 bits per heavy atom.